The van der Waals surface area contributed by atoms with Crippen LogP contribution in [-0.4, -0.2) is 49.1 Å². The molecule has 1 aliphatic heterocycles. The second-order valence-electron chi connectivity index (χ2n) is 6.29. The molecule has 1 saturated heterocycles. The quantitative estimate of drug-likeness (QED) is 0.793. The zero-order chi connectivity index (χ0) is 12.5. The van der Waals surface area contributed by atoms with Crippen molar-refractivity contribution in [1.82, 2.24) is 15.5 Å². The van der Waals surface area contributed by atoms with E-state index in [0.29, 0.717) is 18.6 Å². The number of carbonyl (C=O) groups is 1. The van der Waals surface area contributed by atoms with Crippen molar-refractivity contribution in [2.24, 2.45) is 11.8 Å². The van der Waals surface area contributed by atoms with Gasteiger partial charge < -0.3 is 10.6 Å². The van der Waals surface area contributed by atoms with Crippen LogP contribution in [0.4, 0.5) is 0 Å². The first-order valence-corrected chi connectivity index (χ1v) is 7.48. The molecule has 2 saturated carbocycles. The molecule has 3 fully saturated rings. The maximum absolute atomic E-state index is 12.2. The normalized spacial score (nSPS) is 28.0. The van der Waals surface area contributed by atoms with Crippen molar-refractivity contribution in [2.45, 2.75) is 44.7 Å². The van der Waals surface area contributed by atoms with Gasteiger partial charge in [0.15, 0.2) is 0 Å². The van der Waals surface area contributed by atoms with Crippen molar-refractivity contribution in [3.8, 4) is 0 Å². The smallest absolute Gasteiger partial charge is 0.234 e. The minimum absolute atomic E-state index is 0. The Bertz CT molecular complexity index is 306. The number of hydrogen-bond donors (Lipinski definition) is 2. The lowest BCUT2D eigenvalue weighted by molar-refractivity contribution is -0.124. The summed E-state index contributed by atoms with van der Waals surface area (Å²) in [5.74, 6) is 1.83. The van der Waals surface area contributed by atoms with Crippen LogP contribution in [0.5, 0.6) is 0 Å². The van der Waals surface area contributed by atoms with Crippen LogP contribution in [-0.2, 0) is 4.79 Å². The van der Waals surface area contributed by atoms with Gasteiger partial charge in [0.05, 0.1) is 6.54 Å². The minimum Gasteiger partial charge on any atom is -0.352 e. The lowest BCUT2D eigenvalue weighted by Gasteiger charge is -2.33. The monoisotopic (exact) mass is 287 g/mol. The summed E-state index contributed by atoms with van der Waals surface area (Å²) in [4.78, 5) is 14.5. The number of nitrogens with zero attached hydrogens (tertiary/aromatic N) is 1. The summed E-state index contributed by atoms with van der Waals surface area (Å²) >= 11 is 0. The maximum atomic E-state index is 12.2. The van der Waals surface area contributed by atoms with Gasteiger partial charge in [-0.15, -0.1) is 12.4 Å². The van der Waals surface area contributed by atoms with Crippen LogP contribution < -0.4 is 10.6 Å². The Morgan fingerprint density at radius 2 is 1.95 bits per heavy atom. The SMILES string of the molecule is C[C@H]1CNCCN1CC(=O)NC(C1CC1)C1CC1.Cl. The zero-order valence-corrected chi connectivity index (χ0v) is 12.5. The lowest BCUT2D eigenvalue weighted by Crippen LogP contribution is -2.53. The fraction of sp³-hybridized carbons (Fsp3) is 0.929. The highest BCUT2D eigenvalue weighted by Crippen LogP contribution is 2.44. The van der Waals surface area contributed by atoms with Crippen LogP contribution in [0, 0.1) is 11.8 Å². The fourth-order valence-corrected chi connectivity index (χ4v) is 3.07. The second-order valence-corrected chi connectivity index (χ2v) is 6.29. The van der Waals surface area contributed by atoms with E-state index in [4.69, 9.17) is 0 Å². The molecule has 2 N–H and O–H groups in total. The minimum atomic E-state index is 0. The van der Waals surface area contributed by atoms with E-state index in [1.807, 2.05) is 0 Å². The fourth-order valence-electron chi connectivity index (χ4n) is 3.07. The molecule has 0 aromatic rings. The Labute approximate surface area is 122 Å². The van der Waals surface area contributed by atoms with Crippen molar-refractivity contribution in [3.63, 3.8) is 0 Å². The van der Waals surface area contributed by atoms with Crippen molar-refractivity contribution in [2.75, 3.05) is 26.2 Å². The number of carbonyl (C=O) groups excluding carboxylic acids is 1. The molecule has 1 heterocycles. The Hall–Kier alpha value is -0.320. The standard InChI is InChI=1S/C14H25N3O.ClH/c1-10-8-15-6-7-17(10)9-13(18)16-14(11-2-3-11)12-4-5-12;/h10-12,14-15H,2-9H2,1H3,(H,16,18);1H/t10-;/m0./s1. The molecule has 5 heteroatoms. The third-order valence-electron chi connectivity index (χ3n) is 4.57. The third-order valence-corrected chi connectivity index (χ3v) is 4.57. The zero-order valence-electron chi connectivity index (χ0n) is 11.7. The third kappa shape index (κ3) is 4.07. The van der Waals surface area contributed by atoms with Crippen molar-refractivity contribution in [3.05, 3.63) is 0 Å². The Morgan fingerprint density at radius 3 is 2.47 bits per heavy atom. The van der Waals surface area contributed by atoms with Crippen molar-refractivity contribution in [1.29, 1.82) is 0 Å². The first-order chi connectivity index (χ1) is 8.74. The van der Waals surface area contributed by atoms with Gasteiger partial charge in [-0.1, -0.05) is 0 Å². The summed E-state index contributed by atoms with van der Waals surface area (Å²) in [5, 5.41) is 6.67. The van der Waals surface area contributed by atoms with E-state index < -0.39 is 0 Å². The number of halogens is 1. The molecule has 0 radical (unpaired) electrons. The van der Waals surface area contributed by atoms with Crippen LogP contribution in [0.15, 0.2) is 0 Å². The molecule has 3 rings (SSSR count). The molecular formula is C14H26ClN3O. The van der Waals surface area contributed by atoms with Crippen LogP contribution in [0.3, 0.4) is 0 Å². The largest absolute Gasteiger partial charge is 0.352 e. The average Bonchev–Trinajstić information content (AvgIpc) is 3.22. The van der Waals surface area contributed by atoms with E-state index >= 15 is 0 Å². The number of piperazine rings is 1. The van der Waals surface area contributed by atoms with E-state index in [-0.39, 0.29) is 18.3 Å². The van der Waals surface area contributed by atoms with Crippen LogP contribution in [0.2, 0.25) is 0 Å². The van der Waals surface area contributed by atoms with Crippen LogP contribution in [0.1, 0.15) is 32.6 Å². The van der Waals surface area contributed by atoms with Crippen LogP contribution in [0.25, 0.3) is 0 Å². The Morgan fingerprint density at radius 1 is 1.32 bits per heavy atom. The van der Waals surface area contributed by atoms with Gasteiger partial charge in [0.1, 0.15) is 0 Å². The summed E-state index contributed by atoms with van der Waals surface area (Å²) in [7, 11) is 0. The topological polar surface area (TPSA) is 44.4 Å². The summed E-state index contributed by atoms with van der Waals surface area (Å²) in [6.45, 7) is 5.78. The van der Waals surface area contributed by atoms with E-state index in [2.05, 4.69) is 22.5 Å². The molecule has 0 aromatic heterocycles. The molecule has 0 aromatic carbocycles. The van der Waals surface area contributed by atoms with Gasteiger partial charge in [-0.2, -0.15) is 0 Å². The lowest BCUT2D eigenvalue weighted by atomic mass is 10.1. The van der Waals surface area contributed by atoms with Gasteiger partial charge >= 0.3 is 0 Å². The molecule has 2 aliphatic carbocycles. The number of hydrogen-bond acceptors (Lipinski definition) is 3. The molecular weight excluding hydrogens is 262 g/mol. The highest BCUT2D eigenvalue weighted by molar-refractivity contribution is 5.85. The Kier molecular flexibility index (Phi) is 5.09. The van der Waals surface area contributed by atoms with Gasteiger partial charge in [0.25, 0.3) is 0 Å². The molecule has 110 valence electrons. The van der Waals surface area contributed by atoms with Gasteiger partial charge in [0, 0.05) is 31.7 Å². The van der Waals surface area contributed by atoms with Crippen molar-refractivity contribution < 1.29 is 4.79 Å². The highest BCUT2D eigenvalue weighted by Gasteiger charge is 2.42. The molecule has 4 nitrogen and oxygen atoms in total. The average molecular weight is 288 g/mol. The summed E-state index contributed by atoms with van der Waals surface area (Å²) < 4.78 is 0. The van der Waals surface area contributed by atoms with E-state index in [9.17, 15) is 4.79 Å². The first kappa shape index (κ1) is 15.1. The summed E-state index contributed by atoms with van der Waals surface area (Å²) in [5.41, 5.74) is 0. The molecule has 0 unspecified atom stereocenters. The van der Waals surface area contributed by atoms with Gasteiger partial charge in [-0.3, -0.25) is 9.69 Å². The first-order valence-electron chi connectivity index (χ1n) is 7.48. The maximum Gasteiger partial charge on any atom is 0.234 e. The van der Waals surface area contributed by atoms with E-state index in [0.717, 1.165) is 31.5 Å². The van der Waals surface area contributed by atoms with Gasteiger partial charge in [0.2, 0.25) is 5.91 Å². The predicted molar refractivity (Wildman–Crippen MR) is 78.5 cm³/mol. The van der Waals surface area contributed by atoms with Gasteiger partial charge in [-0.05, 0) is 44.4 Å². The molecule has 19 heavy (non-hydrogen) atoms. The second kappa shape index (κ2) is 6.42. The van der Waals surface area contributed by atoms with E-state index in [1.54, 1.807) is 0 Å². The summed E-state index contributed by atoms with van der Waals surface area (Å²) in [6, 6.07) is 0.973. The number of amides is 1. The number of nitrogens with one attached hydrogen (secondary N) is 2. The molecule has 1 amide bonds. The van der Waals surface area contributed by atoms with E-state index in [1.165, 1.54) is 25.7 Å². The highest BCUT2D eigenvalue weighted by atomic mass is 35.5. The molecule has 0 bridgehead atoms. The molecule has 0 spiro atoms. The predicted octanol–water partition coefficient (Wildman–Crippen LogP) is 1.01. The van der Waals surface area contributed by atoms with Crippen LogP contribution >= 0.6 is 12.4 Å². The van der Waals surface area contributed by atoms with Crippen molar-refractivity contribution >= 4 is 18.3 Å². The summed E-state index contributed by atoms with van der Waals surface area (Å²) in [6.07, 6.45) is 5.30. The molecule has 3 aliphatic rings. The number of rotatable bonds is 5. The molecule has 1 atom stereocenters. The van der Waals surface area contributed by atoms with Gasteiger partial charge in [-0.25, -0.2) is 0 Å². The Balaban J connectivity index is 0.00000133.